The van der Waals surface area contributed by atoms with Crippen LogP contribution >= 0.6 is 11.8 Å². The molecule has 0 aliphatic heterocycles. The van der Waals surface area contributed by atoms with Crippen LogP contribution in [-0.4, -0.2) is 70.6 Å². The van der Waals surface area contributed by atoms with Crippen molar-refractivity contribution >= 4 is 35.5 Å². The number of carbonyl (C=O) groups is 4. The van der Waals surface area contributed by atoms with Crippen LogP contribution in [0.3, 0.4) is 0 Å². The highest BCUT2D eigenvalue weighted by atomic mass is 32.2. The van der Waals surface area contributed by atoms with Gasteiger partial charge >= 0.3 is 5.97 Å². The first-order valence-electron chi connectivity index (χ1n) is 9.26. The highest BCUT2D eigenvalue weighted by Crippen LogP contribution is 2.11. The monoisotopic (exact) mass is 440 g/mol. The van der Waals surface area contributed by atoms with Crippen LogP contribution in [0, 0.1) is 0 Å². The average Bonchev–Trinajstić information content (AvgIpc) is 2.70. The van der Waals surface area contributed by atoms with Crippen molar-refractivity contribution in [1.29, 1.82) is 0 Å². The largest absolute Gasteiger partial charge is 0.508 e. The van der Waals surface area contributed by atoms with Crippen LogP contribution < -0.4 is 21.7 Å². The molecule has 1 rings (SSSR count). The Morgan fingerprint density at radius 1 is 1.10 bits per heavy atom. The fourth-order valence-corrected chi connectivity index (χ4v) is 2.89. The van der Waals surface area contributed by atoms with Gasteiger partial charge in [-0.15, -0.1) is 0 Å². The van der Waals surface area contributed by atoms with Gasteiger partial charge in [-0.1, -0.05) is 12.1 Å². The molecule has 0 radical (unpaired) electrons. The van der Waals surface area contributed by atoms with Crippen LogP contribution in [0.5, 0.6) is 5.75 Å². The van der Waals surface area contributed by atoms with E-state index in [-0.39, 0.29) is 12.2 Å². The molecule has 0 saturated carbocycles. The number of benzene rings is 1. The van der Waals surface area contributed by atoms with Gasteiger partial charge in [0, 0.05) is 6.42 Å². The molecule has 0 heterocycles. The number of nitrogens with one attached hydrogen (secondary N) is 3. The molecule has 0 saturated heterocycles. The van der Waals surface area contributed by atoms with Gasteiger partial charge in [0.2, 0.25) is 17.7 Å². The number of phenolic OH excluding ortho intramolecular Hbond substituents is 1. The van der Waals surface area contributed by atoms with E-state index < -0.39 is 48.4 Å². The number of carbonyl (C=O) groups excluding carboxylic acids is 3. The third kappa shape index (κ3) is 9.14. The van der Waals surface area contributed by atoms with Gasteiger partial charge in [0.25, 0.3) is 0 Å². The Labute approximate surface area is 179 Å². The third-order valence-electron chi connectivity index (χ3n) is 4.15. The van der Waals surface area contributed by atoms with Gasteiger partial charge in [0.1, 0.15) is 17.8 Å². The minimum atomic E-state index is -1.23. The fourth-order valence-electron chi connectivity index (χ4n) is 2.40. The topological polar surface area (TPSA) is 171 Å². The van der Waals surface area contributed by atoms with E-state index in [1.165, 1.54) is 19.1 Å². The maximum absolute atomic E-state index is 12.1. The summed E-state index contributed by atoms with van der Waals surface area (Å²) in [6.45, 7) is 1.01. The Balaban J connectivity index is 2.48. The zero-order valence-electron chi connectivity index (χ0n) is 16.9. The summed E-state index contributed by atoms with van der Waals surface area (Å²) in [5.74, 6) is -2.22. The molecule has 3 unspecified atom stereocenters. The van der Waals surface area contributed by atoms with Crippen molar-refractivity contribution in [2.45, 2.75) is 37.9 Å². The van der Waals surface area contributed by atoms with Crippen molar-refractivity contribution in [2.24, 2.45) is 5.73 Å². The summed E-state index contributed by atoms with van der Waals surface area (Å²) in [7, 11) is 0. The molecular formula is C19H28N4O6S. The van der Waals surface area contributed by atoms with E-state index in [0.29, 0.717) is 17.7 Å². The standard InChI is InChI=1S/C19H28N4O6S/c1-11(22-18(27)14(20)7-8-30-2)17(26)21-10-16(25)23-15(19(28)29)9-12-3-5-13(24)6-4-12/h3-6,11,14-15,24H,7-10,20H2,1-2H3,(H,21,26)(H,22,27)(H,23,25)(H,28,29). The molecule has 0 bridgehead atoms. The Bertz CT molecular complexity index is 743. The fraction of sp³-hybridized carbons (Fsp3) is 0.474. The number of carboxylic acids is 1. The molecular weight excluding hydrogens is 412 g/mol. The lowest BCUT2D eigenvalue weighted by Gasteiger charge is -2.18. The van der Waals surface area contributed by atoms with E-state index in [4.69, 9.17) is 5.73 Å². The van der Waals surface area contributed by atoms with Crippen molar-refractivity contribution in [3.8, 4) is 5.75 Å². The molecule has 10 nitrogen and oxygen atoms in total. The number of carboxylic acid groups (broad SMARTS) is 1. The van der Waals surface area contributed by atoms with Crippen LogP contribution in [0.25, 0.3) is 0 Å². The number of thioether (sulfide) groups is 1. The van der Waals surface area contributed by atoms with Crippen LogP contribution in [0.1, 0.15) is 18.9 Å². The normalized spacial score (nSPS) is 13.6. The molecule has 0 aromatic heterocycles. The number of aromatic hydroxyl groups is 1. The first-order valence-corrected chi connectivity index (χ1v) is 10.7. The van der Waals surface area contributed by atoms with E-state index in [2.05, 4.69) is 16.0 Å². The smallest absolute Gasteiger partial charge is 0.326 e. The Kier molecular flexibility index (Phi) is 10.7. The summed E-state index contributed by atoms with van der Waals surface area (Å²) in [5, 5.41) is 25.7. The molecule has 1 aromatic rings. The zero-order chi connectivity index (χ0) is 22.7. The van der Waals surface area contributed by atoms with Gasteiger partial charge in [-0.3, -0.25) is 14.4 Å². The Hall–Kier alpha value is -2.79. The SMILES string of the molecule is CSCCC(N)C(=O)NC(C)C(=O)NCC(=O)NC(Cc1ccc(O)cc1)C(=O)O. The van der Waals surface area contributed by atoms with Gasteiger partial charge in [-0.05, 0) is 43.0 Å². The molecule has 7 N–H and O–H groups in total. The highest BCUT2D eigenvalue weighted by molar-refractivity contribution is 7.98. The summed E-state index contributed by atoms with van der Waals surface area (Å²) >= 11 is 1.55. The second-order valence-electron chi connectivity index (χ2n) is 6.66. The molecule has 11 heteroatoms. The van der Waals surface area contributed by atoms with E-state index in [0.717, 1.165) is 0 Å². The van der Waals surface area contributed by atoms with Crippen molar-refractivity contribution in [1.82, 2.24) is 16.0 Å². The summed E-state index contributed by atoms with van der Waals surface area (Å²) < 4.78 is 0. The highest BCUT2D eigenvalue weighted by Gasteiger charge is 2.23. The number of phenols is 1. The van der Waals surface area contributed by atoms with Gasteiger partial charge in [0.05, 0.1) is 12.6 Å². The summed E-state index contributed by atoms with van der Waals surface area (Å²) in [6, 6.07) is 3.09. The van der Waals surface area contributed by atoms with E-state index in [1.807, 2.05) is 6.26 Å². The number of hydrogen-bond acceptors (Lipinski definition) is 7. The molecule has 3 amide bonds. The van der Waals surface area contributed by atoms with Crippen LogP contribution in [0.4, 0.5) is 0 Å². The average molecular weight is 441 g/mol. The minimum absolute atomic E-state index is 0.00962. The predicted octanol–water partition coefficient (Wildman–Crippen LogP) is -0.795. The summed E-state index contributed by atoms with van der Waals surface area (Å²) in [4.78, 5) is 47.4. The van der Waals surface area contributed by atoms with Gasteiger partial charge < -0.3 is 31.9 Å². The molecule has 3 atom stereocenters. The second-order valence-corrected chi connectivity index (χ2v) is 7.65. The number of rotatable bonds is 12. The minimum Gasteiger partial charge on any atom is -0.508 e. The van der Waals surface area contributed by atoms with Gasteiger partial charge in [-0.2, -0.15) is 11.8 Å². The molecule has 30 heavy (non-hydrogen) atoms. The van der Waals surface area contributed by atoms with Gasteiger partial charge in [-0.25, -0.2) is 4.79 Å². The zero-order valence-corrected chi connectivity index (χ0v) is 17.7. The lowest BCUT2D eigenvalue weighted by Crippen LogP contribution is -2.52. The maximum Gasteiger partial charge on any atom is 0.326 e. The molecule has 0 fully saturated rings. The van der Waals surface area contributed by atoms with E-state index in [9.17, 15) is 29.4 Å². The molecule has 1 aromatic carbocycles. The number of nitrogens with two attached hydrogens (primary N) is 1. The lowest BCUT2D eigenvalue weighted by molar-refractivity contribution is -0.141. The summed E-state index contributed by atoms with van der Waals surface area (Å²) in [6.07, 6.45) is 2.38. The number of hydrogen-bond donors (Lipinski definition) is 6. The van der Waals surface area contributed by atoms with Crippen molar-refractivity contribution in [3.05, 3.63) is 29.8 Å². The first kappa shape index (κ1) is 25.2. The van der Waals surface area contributed by atoms with Crippen LogP contribution in [0.15, 0.2) is 24.3 Å². The Morgan fingerprint density at radius 3 is 2.30 bits per heavy atom. The third-order valence-corrected chi connectivity index (χ3v) is 4.80. The Morgan fingerprint density at radius 2 is 1.73 bits per heavy atom. The molecule has 0 aliphatic carbocycles. The van der Waals surface area contributed by atoms with E-state index >= 15 is 0 Å². The lowest BCUT2D eigenvalue weighted by atomic mass is 10.1. The van der Waals surface area contributed by atoms with Crippen molar-refractivity contribution in [2.75, 3.05) is 18.6 Å². The molecule has 0 spiro atoms. The van der Waals surface area contributed by atoms with Gasteiger partial charge in [0.15, 0.2) is 0 Å². The molecule has 0 aliphatic rings. The quantitative estimate of drug-likeness (QED) is 0.245. The van der Waals surface area contributed by atoms with Crippen molar-refractivity contribution < 1.29 is 29.4 Å². The van der Waals surface area contributed by atoms with Crippen molar-refractivity contribution in [3.63, 3.8) is 0 Å². The second kappa shape index (κ2) is 12.7. The number of aliphatic carboxylic acids is 1. The van der Waals surface area contributed by atoms with Crippen LogP contribution in [-0.2, 0) is 25.6 Å². The number of amides is 3. The first-order chi connectivity index (χ1) is 14.1. The summed E-state index contributed by atoms with van der Waals surface area (Å²) in [5.41, 5.74) is 6.35. The maximum atomic E-state index is 12.1. The van der Waals surface area contributed by atoms with E-state index in [1.54, 1.807) is 23.9 Å². The predicted molar refractivity (Wildman–Crippen MR) is 113 cm³/mol. The van der Waals surface area contributed by atoms with Crippen LogP contribution in [0.2, 0.25) is 0 Å². The molecule has 166 valence electrons.